The van der Waals surface area contributed by atoms with Gasteiger partial charge in [-0.1, -0.05) is 0 Å². The van der Waals surface area contributed by atoms with Gasteiger partial charge in [0.25, 0.3) is 0 Å². The largest absolute Gasteiger partial charge is 0.287 e. The molecule has 0 unspecified atom stereocenters. The van der Waals surface area contributed by atoms with E-state index in [1.807, 2.05) is 20.8 Å². The lowest BCUT2D eigenvalue weighted by atomic mass is 10.1. The first-order valence-electron chi connectivity index (χ1n) is 5.31. The Morgan fingerprint density at radius 1 is 0.938 bits per heavy atom. The summed E-state index contributed by atoms with van der Waals surface area (Å²) in [5, 5.41) is 0. The second kappa shape index (κ2) is 3.67. The molecule has 3 heteroatoms. The zero-order valence-corrected chi connectivity index (χ0v) is 11.1. The molecule has 0 saturated heterocycles. The zero-order chi connectivity index (χ0) is 12.0. The van der Waals surface area contributed by atoms with E-state index in [9.17, 15) is 4.79 Å². The van der Waals surface area contributed by atoms with Gasteiger partial charge in [-0.15, -0.1) is 11.3 Å². The first-order valence-corrected chi connectivity index (χ1v) is 6.13. The van der Waals surface area contributed by atoms with Gasteiger partial charge >= 0.3 is 0 Å². The molecule has 0 aromatic carbocycles. The summed E-state index contributed by atoms with van der Waals surface area (Å²) in [5.41, 5.74) is 4.87. The highest BCUT2D eigenvalue weighted by Crippen LogP contribution is 2.26. The van der Waals surface area contributed by atoms with Gasteiger partial charge in [0.15, 0.2) is 0 Å². The number of fused-ring (bicyclic) bond motifs is 1. The molecule has 0 aliphatic carbocycles. The molecule has 0 atom stereocenters. The van der Waals surface area contributed by atoms with E-state index in [-0.39, 0.29) is 5.43 Å². The fourth-order valence-corrected chi connectivity index (χ4v) is 2.86. The van der Waals surface area contributed by atoms with Crippen LogP contribution in [0.15, 0.2) is 4.79 Å². The Hall–Kier alpha value is -1.22. The van der Waals surface area contributed by atoms with E-state index in [1.54, 1.807) is 11.3 Å². The number of rotatable bonds is 0. The number of pyridine rings is 1. The fraction of sp³-hybridized carbons (Fsp3) is 0.385. The second-order valence-corrected chi connectivity index (χ2v) is 5.46. The Morgan fingerprint density at radius 3 is 2.19 bits per heavy atom. The van der Waals surface area contributed by atoms with Crippen molar-refractivity contribution in [1.82, 2.24) is 4.98 Å². The van der Waals surface area contributed by atoms with Gasteiger partial charge in [-0.3, -0.25) is 4.79 Å². The van der Waals surface area contributed by atoms with Gasteiger partial charge in [-0.25, -0.2) is 4.98 Å². The topological polar surface area (TPSA) is 30.0 Å². The van der Waals surface area contributed by atoms with Crippen molar-refractivity contribution in [3.8, 4) is 0 Å². The quantitative estimate of drug-likeness (QED) is 0.699. The molecule has 2 nitrogen and oxygen atoms in total. The first-order chi connectivity index (χ1) is 7.43. The lowest BCUT2D eigenvalue weighted by molar-refractivity contribution is 1.16. The molecule has 2 rings (SSSR count). The Balaban J connectivity index is 3.09. The predicted molar refractivity (Wildman–Crippen MR) is 69.6 cm³/mol. The van der Waals surface area contributed by atoms with Gasteiger partial charge in [-0.2, -0.15) is 0 Å². The van der Waals surface area contributed by atoms with E-state index in [4.69, 9.17) is 0 Å². The molecular formula is C13H15NOS. The number of aryl methyl sites for hydroxylation is 3. The maximum atomic E-state index is 12.1. The third-order valence-corrected chi connectivity index (χ3v) is 4.60. The number of aromatic nitrogens is 1. The van der Waals surface area contributed by atoms with Gasteiger partial charge in [0.2, 0.25) is 5.43 Å². The summed E-state index contributed by atoms with van der Waals surface area (Å²) in [6.45, 7) is 9.96. The summed E-state index contributed by atoms with van der Waals surface area (Å²) in [6.07, 6.45) is 0. The summed E-state index contributed by atoms with van der Waals surface area (Å²) in [6, 6.07) is 0. The average Bonchev–Trinajstić information content (AvgIpc) is 2.25. The van der Waals surface area contributed by atoms with Crippen LogP contribution in [-0.2, 0) is 0 Å². The van der Waals surface area contributed by atoms with E-state index >= 15 is 0 Å². The highest BCUT2D eigenvalue weighted by atomic mass is 32.1. The molecular weight excluding hydrogens is 218 g/mol. The monoisotopic (exact) mass is 233 g/mol. The molecule has 0 amide bonds. The van der Waals surface area contributed by atoms with Gasteiger partial charge in [0.1, 0.15) is 5.52 Å². The molecule has 84 valence electrons. The lowest BCUT2D eigenvalue weighted by Gasteiger charge is -2.09. The SMILES string of the molecule is Cc1nc2c(=O)c(C)c(C)sc2c(C)c1C. The Labute approximate surface area is 99.0 Å². The van der Waals surface area contributed by atoms with Crippen molar-refractivity contribution < 1.29 is 0 Å². The van der Waals surface area contributed by atoms with Gasteiger partial charge in [0.05, 0.1) is 4.70 Å². The summed E-state index contributed by atoms with van der Waals surface area (Å²) < 4.78 is 1.04. The number of hydrogen-bond donors (Lipinski definition) is 0. The van der Waals surface area contributed by atoms with Crippen molar-refractivity contribution in [3.63, 3.8) is 0 Å². The van der Waals surface area contributed by atoms with Crippen molar-refractivity contribution in [1.29, 1.82) is 0 Å². The van der Waals surface area contributed by atoms with Gasteiger partial charge in [0, 0.05) is 16.1 Å². The molecule has 2 heterocycles. The van der Waals surface area contributed by atoms with E-state index in [0.29, 0.717) is 5.52 Å². The average molecular weight is 233 g/mol. The van der Waals surface area contributed by atoms with E-state index in [0.717, 1.165) is 20.8 Å². The summed E-state index contributed by atoms with van der Waals surface area (Å²) in [5.74, 6) is 0. The smallest absolute Gasteiger partial charge is 0.209 e. The van der Waals surface area contributed by atoms with Gasteiger partial charge < -0.3 is 0 Å². The molecule has 0 fully saturated rings. The first kappa shape index (κ1) is 11.3. The summed E-state index contributed by atoms with van der Waals surface area (Å²) in [4.78, 5) is 17.6. The Kier molecular flexibility index (Phi) is 2.58. The molecule has 0 aliphatic rings. The Bertz CT molecular complexity index is 641. The lowest BCUT2D eigenvalue weighted by Crippen LogP contribution is -2.10. The molecule has 0 N–H and O–H groups in total. The van der Waals surface area contributed by atoms with Crippen molar-refractivity contribution in [3.05, 3.63) is 37.5 Å². The maximum Gasteiger partial charge on any atom is 0.209 e. The van der Waals surface area contributed by atoms with Crippen LogP contribution in [0.25, 0.3) is 10.2 Å². The maximum absolute atomic E-state index is 12.1. The van der Waals surface area contributed by atoms with E-state index in [1.165, 1.54) is 11.1 Å². The van der Waals surface area contributed by atoms with Crippen LogP contribution < -0.4 is 5.43 Å². The minimum absolute atomic E-state index is 0.0810. The summed E-state index contributed by atoms with van der Waals surface area (Å²) >= 11 is 1.67. The van der Waals surface area contributed by atoms with Crippen LogP contribution in [-0.4, -0.2) is 4.98 Å². The molecule has 0 radical (unpaired) electrons. The highest BCUT2D eigenvalue weighted by molar-refractivity contribution is 7.18. The third kappa shape index (κ3) is 1.47. The molecule has 0 bridgehead atoms. The van der Waals surface area contributed by atoms with Crippen molar-refractivity contribution in [2.24, 2.45) is 0 Å². The highest BCUT2D eigenvalue weighted by Gasteiger charge is 2.12. The molecule has 16 heavy (non-hydrogen) atoms. The Morgan fingerprint density at radius 2 is 1.56 bits per heavy atom. The number of hydrogen-bond acceptors (Lipinski definition) is 3. The minimum Gasteiger partial charge on any atom is -0.287 e. The zero-order valence-electron chi connectivity index (χ0n) is 10.3. The van der Waals surface area contributed by atoms with Crippen LogP contribution in [0.4, 0.5) is 0 Å². The standard InChI is InChI=1S/C13H15NOS/c1-6-7(2)13-11(14-9(6)4)12(15)8(3)10(5)16-13/h1-5H3. The van der Waals surface area contributed by atoms with Crippen LogP contribution >= 0.6 is 11.3 Å². The normalized spacial score (nSPS) is 11.1. The fourth-order valence-electron chi connectivity index (χ4n) is 1.77. The van der Waals surface area contributed by atoms with Crippen LogP contribution in [0.2, 0.25) is 0 Å². The molecule has 2 aromatic heterocycles. The molecule has 0 aliphatic heterocycles. The van der Waals surface area contributed by atoms with Crippen LogP contribution in [0.5, 0.6) is 0 Å². The molecule has 2 aromatic rings. The second-order valence-electron chi connectivity index (χ2n) is 4.24. The van der Waals surface area contributed by atoms with Gasteiger partial charge in [-0.05, 0) is 45.7 Å². The molecule has 0 saturated carbocycles. The summed E-state index contributed by atoms with van der Waals surface area (Å²) in [7, 11) is 0. The van der Waals surface area contributed by atoms with Crippen LogP contribution in [0.1, 0.15) is 27.3 Å². The van der Waals surface area contributed by atoms with E-state index in [2.05, 4.69) is 18.8 Å². The predicted octanol–water partition coefficient (Wildman–Crippen LogP) is 3.20. The van der Waals surface area contributed by atoms with Crippen molar-refractivity contribution in [2.45, 2.75) is 34.6 Å². The molecule has 0 spiro atoms. The van der Waals surface area contributed by atoms with Crippen LogP contribution in [0, 0.1) is 34.6 Å². The van der Waals surface area contributed by atoms with Crippen LogP contribution in [0.3, 0.4) is 0 Å². The van der Waals surface area contributed by atoms with Crippen molar-refractivity contribution >= 4 is 21.6 Å². The number of nitrogens with zero attached hydrogens (tertiary/aromatic N) is 1. The third-order valence-electron chi connectivity index (χ3n) is 3.28. The minimum atomic E-state index is 0.0810. The van der Waals surface area contributed by atoms with E-state index < -0.39 is 0 Å². The van der Waals surface area contributed by atoms with Crippen molar-refractivity contribution in [2.75, 3.05) is 0 Å².